The number of carbonyl (C=O) groups excluding carboxylic acids is 2. The van der Waals surface area contributed by atoms with Crippen LogP contribution in [-0.2, 0) is 4.79 Å². The van der Waals surface area contributed by atoms with Gasteiger partial charge in [-0.15, -0.1) is 0 Å². The van der Waals surface area contributed by atoms with E-state index in [4.69, 9.17) is 9.73 Å². The maximum absolute atomic E-state index is 13.1. The van der Waals surface area contributed by atoms with E-state index in [0.717, 1.165) is 36.8 Å². The van der Waals surface area contributed by atoms with E-state index in [1.54, 1.807) is 19.1 Å². The van der Waals surface area contributed by atoms with Crippen LogP contribution in [-0.4, -0.2) is 78.6 Å². The number of aliphatic imine (C=N–C) groups is 1. The molecule has 2 unspecified atom stereocenters. The zero-order valence-corrected chi connectivity index (χ0v) is 16.0. The normalized spacial score (nSPS) is 24.3. The van der Waals surface area contributed by atoms with Crippen LogP contribution in [0.2, 0.25) is 0 Å². The summed E-state index contributed by atoms with van der Waals surface area (Å²) in [5, 5.41) is 0. The summed E-state index contributed by atoms with van der Waals surface area (Å²) in [7, 11) is 3.37. The Labute approximate surface area is 159 Å². The number of rotatable bonds is 5. The zero-order valence-electron chi connectivity index (χ0n) is 16.0. The van der Waals surface area contributed by atoms with E-state index in [1.165, 1.54) is 4.90 Å². The standard InChI is InChI=1S/C19H25N5O3/c1-4-5-10-24-17(25)15-16(21(2)19(24)26)20-18-22(11-12-23(15)18)13-6-8-14(27-3)9-7-13/h6-9,15-16H,4-5,10-12H2,1-3H3. The molecule has 2 saturated heterocycles. The van der Waals surface area contributed by atoms with Crippen LogP contribution in [0.3, 0.4) is 0 Å². The molecule has 0 N–H and O–H groups in total. The molecule has 3 aliphatic heterocycles. The molecule has 3 heterocycles. The Morgan fingerprint density at radius 3 is 2.59 bits per heavy atom. The number of guanidine groups is 1. The molecule has 27 heavy (non-hydrogen) atoms. The highest BCUT2D eigenvalue weighted by molar-refractivity contribution is 6.07. The molecular formula is C19H25N5O3. The van der Waals surface area contributed by atoms with Crippen molar-refractivity contribution in [2.45, 2.75) is 32.0 Å². The number of hydrogen-bond acceptors (Lipinski definition) is 6. The van der Waals surface area contributed by atoms with Crippen LogP contribution in [0.1, 0.15) is 19.8 Å². The van der Waals surface area contributed by atoms with Gasteiger partial charge in [-0.3, -0.25) is 9.69 Å². The number of imide groups is 1. The molecule has 0 bridgehead atoms. The van der Waals surface area contributed by atoms with Crippen LogP contribution < -0.4 is 9.64 Å². The third kappa shape index (κ3) is 2.70. The van der Waals surface area contributed by atoms with Crippen molar-refractivity contribution in [3.05, 3.63) is 24.3 Å². The third-order valence-corrected chi connectivity index (χ3v) is 5.50. The largest absolute Gasteiger partial charge is 0.497 e. The highest BCUT2D eigenvalue weighted by atomic mass is 16.5. The number of anilines is 1. The first-order chi connectivity index (χ1) is 13.1. The van der Waals surface area contributed by atoms with E-state index in [9.17, 15) is 9.59 Å². The van der Waals surface area contributed by atoms with Crippen molar-refractivity contribution in [2.24, 2.45) is 4.99 Å². The smallest absolute Gasteiger partial charge is 0.328 e. The maximum Gasteiger partial charge on any atom is 0.328 e. The molecule has 0 radical (unpaired) electrons. The van der Waals surface area contributed by atoms with E-state index >= 15 is 0 Å². The number of carbonyl (C=O) groups is 2. The van der Waals surface area contributed by atoms with Gasteiger partial charge in [0.2, 0.25) is 5.96 Å². The van der Waals surface area contributed by atoms with Crippen molar-refractivity contribution in [1.82, 2.24) is 14.7 Å². The summed E-state index contributed by atoms with van der Waals surface area (Å²) in [5.41, 5.74) is 1.000. The molecule has 0 spiro atoms. The third-order valence-electron chi connectivity index (χ3n) is 5.50. The number of likely N-dealkylation sites (N-methyl/N-ethyl adjacent to an activating group) is 1. The molecule has 3 amide bonds. The second-order valence-corrected chi connectivity index (χ2v) is 7.07. The number of urea groups is 1. The van der Waals surface area contributed by atoms with Crippen LogP contribution in [0.25, 0.3) is 0 Å². The lowest BCUT2D eigenvalue weighted by Crippen LogP contribution is -2.64. The molecule has 4 rings (SSSR count). The van der Waals surface area contributed by atoms with Crippen LogP contribution in [0.15, 0.2) is 29.3 Å². The van der Waals surface area contributed by atoms with E-state index < -0.39 is 12.2 Å². The van der Waals surface area contributed by atoms with Crippen molar-refractivity contribution in [2.75, 3.05) is 38.7 Å². The van der Waals surface area contributed by atoms with Gasteiger partial charge in [-0.25, -0.2) is 9.79 Å². The number of methoxy groups -OCH3 is 1. The van der Waals surface area contributed by atoms with Gasteiger partial charge in [-0.2, -0.15) is 0 Å². The summed E-state index contributed by atoms with van der Waals surface area (Å²) in [6.45, 7) is 3.98. The summed E-state index contributed by atoms with van der Waals surface area (Å²) in [6.07, 6.45) is 1.29. The summed E-state index contributed by atoms with van der Waals surface area (Å²) >= 11 is 0. The number of nitrogens with zero attached hydrogens (tertiary/aromatic N) is 5. The molecule has 0 aromatic heterocycles. The van der Waals surface area contributed by atoms with Gasteiger partial charge in [0.1, 0.15) is 5.75 Å². The Kier molecular flexibility index (Phi) is 4.41. The van der Waals surface area contributed by atoms with Crippen molar-refractivity contribution in [3.8, 4) is 5.75 Å². The van der Waals surface area contributed by atoms with Crippen molar-refractivity contribution in [3.63, 3.8) is 0 Å². The minimum absolute atomic E-state index is 0.133. The minimum Gasteiger partial charge on any atom is -0.497 e. The monoisotopic (exact) mass is 371 g/mol. The lowest BCUT2D eigenvalue weighted by molar-refractivity contribution is -0.137. The number of amides is 3. The predicted molar refractivity (Wildman–Crippen MR) is 102 cm³/mol. The first-order valence-electron chi connectivity index (χ1n) is 9.41. The predicted octanol–water partition coefficient (Wildman–Crippen LogP) is 1.58. The van der Waals surface area contributed by atoms with Crippen molar-refractivity contribution in [1.29, 1.82) is 0 Å². The first kappa shape index (κ1) is 17.6. The van der Waals surface area contributed by atoms with E-state index in [0.29, 0.717) is 13.1 Å². The van der Waals surface area contributed by atoms with Gasteiger partial charge < -0.3 is 19.4 Å². The Bertz CT molecular complexity index is 778. The summed E-state index contributed by atoms with van der Waals surface area (Å²) in [5.74, 6) is 1.43. The fourth-order valence-electron chi connectivity index (χ4n) is 3.97. The fourth-order valence-corrected chi connectivity index (χ4v) is 3.97. The maximum atomic E-state index is 13.1. The molecule has 1 aromatic carbocycles. The molecule has 2 atom stereocenters. The lowest BCUT2D eigenvalue weighted by Gasteiger charge is -2.40. The van der Waals surface area contributed by atoms with Crippen LogP contribution >= 0.6 is 0 Å². The molecule has 0 aliphatic carbocycles. The Morgan fingerprint density at radius 1 is 1.19 bits per heavy atom. The molecule has 8 nitrogen and oxygen atoms in total. The van der Waals surface area contributed by atoms with Crippen LogP contribution in [0.4, 0.5) is 10.5 Å². The fraction of sp³-hybridized carbons (Fsp3) is 0.526. The molecule has 2 fully saturated rings. The molecule has 3 aliphatic rings. The van der Waals surface area contributed by atoms with Gasteiger partial charge in [0, 0.05) is 32.4 Å². The van der Waals surface area contributed by atoms with E-state index in [1.807, 2.05) is 29.2 Å². The number of unbranched alkanes of at least 4 members (excludes halogenated alkanes) is 1. The number of hydrogen-bond donors (Lipinski definition) is 0. The average Bonchev–Trinajstić information content (AvgIpc) is 3.26. The van der Waals surface area contributed by atoms with Gasteiger partial charge in [-0.05, 0) is 30.7 Å². The molecular weight excluding hydrogens is 346 g/mol. The van der Waals surface area contributed by atoms with Gasteiger partial charge in [-0.1, -0.05) is 13.3 Å². The van der Waals surface area contributed by atoms with Gasteiger partial charge in [0.15, 0.2) is 12.2 Å². The van der Waals surface area contributed by atoms with Gasteiger partial charge in [0.05, 0.1) is 7.11 Å². The zero-order chi connectivity index (χ0) is 19.1. The van der Waals surface area contributed by atoms with Crippen LogP contribution in [0.5, 0.6) is 5.75 Å². The molecule has 0 saturated carbocycles. The van der Waals surface area contributed by atoms with Crippen molar-refractivity contribution >= 4 is 23.6 Å². The van der Waals surface area contributed by atoms with Crippen LogP contribution in [0, 0.1) is 0 Å². The molecule has 144 valence electrons. The van der Waals surface area contributed by atoms with E-state index in [2.05, 4.69) is 11.8 Å². The average molecular weight is 371 g/mol. The lowest BCUT2D eigenvalue weighted by atomic mass is 10.1. The summed E-state index contributed by atoms with van der Waals surface area (Å²) < 4.78 is 5.23. The topological polar surface area (TPSA) is 68.7 Å². The Balaban J connectivity index is 1.61. The summed E-state index contributed by atoms with van der Waals surface area (Å²) in [6, 6.07) is 7.11. The van der Waals surface area contributed by atoms with E-state index in [-0.39, 0.29) is 11.9 Å². The molecule has 1 aromatic rings. The first-order valence-corrected chi connectivity index (χ1v) is 9.41. The minimum atomic E-state index is -0.459. The highest BCUT2D eigenvalue weighted by Crippen LogP contribution is 2.33. The number of benzene rings is 1. The van der Waals surface area contributed by atoms with Crippen molar-refractivity contribution < 1.29 is 14.3 Å². The highest BCUT2D eigenvalue weighted by Gasteiger charge is 2.54. The molecule has 8 heteroatoms. The Morgan fingerprint density at radius 2 is 1.93 bits per heavy atom. The second-order valence-electron chi connectivity index (χ2n) is 7.07. The van der Waals surface area contributed by atoms with Gasteiger partial charge >= 0.3 is 6.03 Å². The summed E-state index contributed by atoms with van der Waals surface area (Å²) in [4.78, 5) is 37.6. The number of ether oxygens (including phenoxy) is 1. The Hall–Kier alpha value is -2.77. The SMILES string of the molecule is CCCCN1C(=O)C2C(N=C3N(c4ccc(OC)cc4)CCN32)N(C)C1=O. The second kappa shape index (κ2) is 6.75. The number of fused-ring (bicyclic) bond motifs is 3. The quantitative estimate of drug-likeness (QED) is 0.786. The van der Waals surface area contributed by atoms with Gasteiger partial charge in [0.25, 0.3) is 5.91 Å².